The van der Waals surface area contributed by atoms with Crippen molar-refractivity contribution in [3.63, 3.8) is 0 Å². The van der Waals surface area contributed by atoms with Crippen molar-refractivity contribution in [2.24, 2.45) is 0 Å². The van der Waals surface area contributed by atoms with Crippen LogP contribution in [0.4, 0.5) is 30.6 Å². The molecule has 0 aliphatic carbocycles. The van der Waals surface area contributed by atoms with E-state index in [-0.39, 0.29) is 44.9 Å². The summed E-state index contributed by atoms with van der Waals surface area (Å²) in [6.45, 7) is 4.73. The first-order chi connectivity index (χ1) is 17.0. The van der Waals surface area contributed by atoms with Gasteiger partial charge in [0.25, 0.3) is 0 Å². The van der Waals surface area contributed by atoms with Crippen LogP contribution in [0.25, 0.3) is 0 Å². The molecule has 8 nitrogen and oxygen atoms in total. The van der Waals surface area contributed by atoms with Crippen molar-refractivity contribution in [2.75, 3.05) is 24.9 Å². The van der Waals surface area contributed by atoms with E-state index in [1.54, 1.807) is 20.8 Å². The van der Waals surface area contributed by atoms with Crippen molar-refractivity contribution in [3.05, 3.63) is 64.9 Å². The minimum Gasteiger partial charge on any atom is -0.496 e. The first kappa shape index (κ1) is 26.8. The molecule has 0 aliphatic heterocycles. The van der Waals surface area contributed by atoms with Crippen LogP contribution in [0.5, 0.6) is 17.2 Å². The van der Waals surface area contributed by atoms with Gasteiger partial charge in [-0.25, -0.2) is 18.5 Å². The Morgan fingerprint density at radius 2 is 1.75 bits per heavy atom. The zero-order valence-electron chi connectivity index (χ0n) is 20.4. The minimum atomic E-state index is -1.11. The highest BCUT2D eigenvalue weighted by Crippen LogP contribution is 2.43. The molecule has 192 valence electrons. The largest absolute Gasteiger partial charge is 0.496 e. The number of amides is 1. The van der Waals surface area contributed by atoms with Crippen molar-refractivity contribution in [2.45, 2.75) is 33.0 Å². The number of anilines is 3. The van der Waals surface area contributed by atoms with E-state index in [2.05, 4.69) is 4.98 Å². The summed E-state index contributed by atoms with van der Waals surface area (Å²) in [6, 6.07) is 6.59. The number of halogens is 3. The van der Waals surface area contributed by atoms with Crippen LogP contribution in [-0.2, 0) is 11.3 Å². The van der Waals surface area contributed by atoms with E-state index >= 15 is 0 Å². The quantitative estimate of drug-likeness (QED) is 0.391. The molecule has 0 spiro atoms. The van der Waals surface area contributed by atoms with Gasteiger partial charge in [-0.05, 0) is 39.0 Å². The van der Waals surface area contributed by atoms with Crippen LogP contribution in [0.15, 0.2) is 42.7 Å². The molecular formula is C25H26ClF2N3O5. The number of nitrogens with zero attached hydrogens (tertiary/aromatic N) is 2. The lowest BCUT2D eigenvalue weighted by Gasteiger charge is -2.29. The van der Waals surface area contributed by atoms with Crippen molar-refractivity contribution < 1.29 is 32.5 Å². The Bertz CT molecular complexity index is 1270. The Morgan fingerprint density at radius 1 is 1.06 bits per heavy atom. The molecule has 0 aliphatic rings. The summed E-state index contributed by atoms with van der Waals surface area (Å²) >= 11 is 6.53. The number of pyridine rings is 1. The maximum Gasteiger partial charge on any atom is 0.419 e. The molecule has 3 rings (SSSR count). The molecule has 1 heterocycles. The number of hydrogen-bond donors (Lipinski definition) is 1. The number of ether oxygens (including phenoxy) is 4. The van der Waals surface area contributed by atoms with Crippen LogP contribution in [0.1, 0.15) is 26.3 Å². The van der Waals surface area contributed by atoms with Crippen molar-refractivity contribution in [1.82, 2.24) is 4.98 Å². The van der Waals surface area contributed by atoms with Gasteiger partial charge in [0.15, 0.2) is 23.1 Å². The Labute approximate surface area is 212 Å². The van der Waals surface area contributed by atoms with Gasteiger partial charge in [-0.15, -0.1) is 0 Å². The molecular weight excluding hydrogens is 496 g/mol. The molecule has 0 saturated heterocycles. The monoisotopic (exact) mass is 521 g/mol. The summed E-state index contributed by atoms with van der Waals surface area (Å²) < 4.78 is 50.1. The van der Waals surface area contributed by atoms with Gasteiger partial charge >= 0.3 is 6.09 Å². The highest BCUT2D eigenvalue weighted by atomic mass is 35.5. The van der Waals surface area contributed by atoms with Crippen molar-refractivity contribution in [1.29, 1.82) is 0 Å². The first-order valence-electron chi connectivity index (χ1n) is 10.7. The normalized spacial score (nSPS) is 11.1. The number of carbonyl (C=O) groups excluding carboxylic acids is 1. The second-order valence-electron chi connectivity index (χ2n) is 8.54. The summed E-state index contributed by atoms with van der Waals surface area (Å²) in [6.07, 6.45) is 2.06. The number of methoxy groups -OCH3 is 2. The summed E-state index contributed by atoms with van der Waals surface area (Å²) in [5, 5.41) is 0.107. The lowest BCUT2D eigenvalue weighted by Crippen LogP contribution is -2.34. The summed E-state index contributed by atoms with van der Waals surface area (Å²) in [5.74, 6) is -1.79. The zero-order chi connectivity index (χ0) is 26.6. The second-order valence-corrected chi connectivity index (χ2v) is 8.94. The van der Waals surface area contributed by atoms with Crippen LogP contribution in [0.3, 0.4) is 0 Å². The molecule has 2 N–H and O–H groups in total. The van der Waals surface area contributed by atoms with Gasteiger partial charge in [-0.2, -0.15) is 0 Å². The fourth-order valence-corrected chi connectivity index (χ4v) is 3.49. The third-order valence-corrected chi connectivity index (χ3v) is 5.17. The molecule has 3 aromatic rings. The van der Waals surface area contributed by atoms with E-state index in [0.29, 0.717) is 0 Å². The van der Waals surface area contributed by atoms with Crippen LogP contribution >= 0.6 is 11.6 Å². The smallest absolute Gasteiger partial charge is 0.419 e. The van der Waals surface area contributed by atoms with Gasteiger partial charge in [0.2, 0.25) is 0 Å². The number of nitrogen functional groups attached to an aromatic ring is 1. The van der Waals surface area contributed by atoms with Gasteiger partial charge < -0.3 is 24.7 Å². The summed E-state index contributed by atoms with van der Waals surface area (Å²) in [7, 11) is 2.71. The standard InChI is InChI=1S/C25H26ClF2N3O5/c1-25(2,3)36-24(32)31(18-8-9-30-12-17(18)29)19-11-22(21(34-5)10-15(19)26)35-13-14-20(33-4)7-6-16(27)23(14)28/h6-12H,13,29H2,1-5H3. The third kappa shape index (κ3) is 5.88. The fraction of sp³-hybridized carbons (Fsp3) is 0.280. The molecule has 2 aromatic carbocycles. The number of benzene rings is 2. The Balaban J connectivity index is 2.10. The summed E-state index contributed by atoms with van der Waals surface area (Å²) in [4.78, 5) is 18.4. The molecule has 36 heavy (non-hydrogen) atoms. The Kier molecular flexibility index (Phi) is 8.09. The molecule has 0 radical (unpaired) electrons. The maximum absolute atomic E-state index is 14.5. The fourth-order valence-electron chi connectivity index (χ4n) is 3.26. The lowest BCUT2D eigenvalue weighted by molar-refractivity contribution is 0.0599. The van der Waals surface area contributed by atoms with E-state index in [0.717, 1.165) is 6.07 Å². The number of aromatic nitrogens is 1. The Morgan fingerprint density at radius 3 is 2.36 bits per heavy atom. The second kappa shape index (κ2) is 10.9. The van der Waals surface area contributed by atoms with E-state index in [1.165, 1.54) is 55.8 Å². The molecule has 1 amide bonds. The molecule has 11 heteroatoms. The highest BCUT2D eigenvalue weighted by Gasteiger charge is 2.29. The first-order valence-corrected chi connectivity index (χ1v) is 11.1. The average Bonchev–Trinajstić information content (AvgIpc) is 2.81. The van der Waals surface area contributed by atoms with Gasteiger partial charge in [0, 0.05) is 18.3 Å². The molecule has 1 aromatic heterocycles. The van der Waals surface area contributed by atoms with E-state index in [4.69, 9.17) is 36.3 Å². The average molecular weight is 522 g/mol. The topological polar surface area (TPSA) is 96.1 Å². The highest BCUT2D eigenvalue weighted by molar-refractivity contribution is 6.34. The lowest BCUT2D eigenvalue weighted by atomic mass is 10.2. The van der Waals surface area contributed by atoms with Gasteiger partial charge in [-0.1, -0.05) is 11.6 Å². The van der Waals surface area contributed by atoms with Gasteiger partial charge in [0.1, 0.15) is 18.0 Å². The minimum absolute atomic E-state index is 0.0869. The maximum atomic E-state index is 14.5. The van der Waals surface area contributed by atoms with Gasteiger partial charge in [-0.3, -0.25) is 4.98 Å². The molecule has 0 saturated carbocycles. The number of nitrogens with two attached hydrogens (primary N) is 1. The van der Waals surface area contributed by atoms with Crippen LogP contribution in [0, 0.1) is 11.6 Å². The molecule has 0 fully saturated rings. The van der Waals surface area contributed by atoms with E-state index < -0.39 is 29.9 Å². The number of carbonyl (C=O) groups is 1. The molecule has 0 unspecified atom stereocenters. The Hall–Kier alpha value is -3.79. The van der Waals surface area contributed by atoms with Crippen LogP contribution in [0.2, 0.25) is 5.02 Å². The van der Waals surface area contributed by atoms with Gasteiger partial charge in [0.05, 0.1) is 48.1 Å². The molecule has 0 atom stereocenters. The predicted molar refractivity (Wildman–Crippen MR) is 132 cm³/mol. The van der Waals surface area contributed by atoms with Crippen molar-refractivity contribution in [3.8, 4) is 17.2 Å². The van der Waals surface area contributed by atoms with E-state index in [1.807, 2.05) is 0 Å². The number of hydrogen-bond acceptors (Lipinski definition) is 7. The number of rotatable bonds is 7. The van der Waals surface area contributed by atoms with Crippen LogP contribution in [-0.4, -0.2) is 30.9 Å². The zero-order valence-corrected chi connectivity index (χ0v) is 21.2. The third-order valence-electron chi connectivity index (χ3n) is 4.86. The molecule has 0 bridgehead atoms. The SMILES string of the molecule is COc1cc(Cl)c(N(C(=O)OC(C)(C)C)c2ccncc2N)cc1OCc1c(OC)ccc(F)c1F. The summed E-state index contributed by atoms with van der Waals surface area (Å²) in [5.41, 5.74) is 5.72. The van der Waals surface area contributed by atoms with E-state index in [9.17, 15) is 13.6 Å². The predicted octanol–water partition coefficient (Wildman–Crippen LogP) is 6.26. The van der Waals surface area contributed by atoms with Crippen molar-refractivity contribution >= 4 is 34.8 Å². The van der Waals surface area contributed by atoms with Crippen LogP contribution < -0.4 is 24.8 Å².